The maximum absolute atomic E-state index is 12.5. The fourth-order valence-electron chi connectivity index (χ4n) is 3.82. The van der Waals surface area contributed by atoms with Crippen molar-refractivity contribution >= 4 is 18.3 Å². The van der Waals surface area contributed by atoms with E-state index in [1.807, 2.05) is 23.0 Å². The van der Waals surface area contributed by atoms with Gasteiger partial charge in [0.05, 0.1) is 6.04 Å². The summed E-state index contributed by atoms with van der Waals surface area (Å²) in [4.78, 5) is 16.9. The van der Waals surface area contributed by atoms with E-state index in [0.717, 1.165) is 44.3 Å². The van der Waals surface area contributed by atoms with E-state index in [0.29, 0.717) is 24.2 Å². The lowest BCUT2D eigenvalue weighted by Crippen LogP contribution is -2.32. The van der Waals surface area contributed by atoms with Crippen LogP contribution in [0, 0.1) is 0 Å². The molecule has 1 aliphatic heterocycles. The smallest absolute Gasteiger partial charge is 0.272 e. The van der Waals surface area contributed by atoms with Gasteiger partial charge >= 0.3 is 0 Å². The molecule has 152 valence electrons. The summed E-state index contributed by atoms with van der Waals surface area (Å²) < 4.78 is 7.94. The van der Waals surface area contributed by atoms with Gasteiger partial charge in [0.2, 0.25) is 5.88 Å². The first-order valence-corrected chi connectivity index (χ1v) is 9.94. The largest absolute Gasteiger partial charge is 0.474 e. The van der Waals surface area contributed by atoms with E-state index < -0.39 is 0 Å². The van der Waals surface area contributed by atoms with Crippen molar-refractivity contribution < 1.29 is 9.53 Å². The summed E-state index contributed by atoms with van der Waals surface area (Å²) in [6, 6.07) is 5.92. The molecule has 1 unspecified atom stereocenters. The Balaban J connectivity index is 0.00000225. The summed E-state index contributed by atoms with van der Waals surface area (Å²) in [5, 5.41) is 10.8. The van der Waals surface area contributed by atoms with Gasteiger partial charge in [0.1, 0.15) is 11.8 Å². The van der Waals surface area contributed by atoms with Gasteiger partial charge in [-0.25, -0.2) is 4.98 Å². The van der Waals surface area contributed by atoms with Crippen LogP contribution in [0.4, 0.5) is 0 Å². The molecule has 28 heavy (non-hydrogen) atoms. The van der Waals surface area contributed by atoms with Crippen LogP contribution in [0.25, 0.3) is 0 Å². The maximum atomic E-state index is 12.5. The van der Waals surface area contributed by atoms with Crippen LogP contribution in [-0.4, -0.2) is 39.9 Å². The van der Waals surface area contributed by atoms with Crippen molar-refractivity contribution in [2.24, 2.45) is 0 Å². The molecule has 1 amide bonds. The number of amides is 1. The molecule has 2 aliphatic rings. The first kappa shape index (κ1) is 20.6. The standard InChI is InChI=1S/C20H27N5O2.ClH/c26-19(18-9-12-25(24-18)16-6-4-10-21-14-16)23-13-15-5-3-11-22-20(15)27-17-7-1-2-8-17;/h3,5,9,11-12,16-17,21H,1-2,4,6-8,10,13-14H2,(H,23,26);1H. The molecule has 2 aromatic heterocycles. The van der Waals surface area contributed by atoms with E-state index in [1.54, 1.807) is 12.3 Å². The van der Waals surface area contributed by atoms with Crippen LogP contribution < -0.4 is 15.4 Å². The fraction of sp³-hybridized carbons (Fsp3) is 0.550. The van der Waals surface area contributed by atoms with Gasteiger partial charge in [-0.2, -0.15) is 5.10 Å². The molecular weight excluding hydrogens is 378 g/mol. The minimum absolute atomic E-state index is 0. The highest BCUT2D eigenvalue weighted by Gasteiger charge is 2.20. The molecule has 0 aromatic carbocycles. The van der Waals surface area contributed by atoms with Crippen molar-refractivity contribution in [3.05, 3.63) is 41.9 Å². The first-order valence-electron chi connectivity index (χ1n) is 9.94. The molecule has 1 atom stereocenters. The average Bonchev–Trinajstić information content (AvgIpc) is 3.40. The number of pyridine rings is 1. The minimum atomic E-state index is -0.173. The number of carbonyl (C=O) groups is 1. The van der Waals surface area contributed by atoms with Crippen LogP contribution in [-0.2, 0) is 6.54 Å². The molecule has 2 N–H and O–H groups in total. The molecule has 1 saturated carbocycles. The third kappa shape index (κ3) is 5.02. The maximum Gasteiger partial charge on any atom is 0.272 e. The Hall–Kier alpha value is -2.12. The zero-order chi connectivity index (χ0) is 18.5. The number of carbonyl (C=O) groups excluding carboxylic acids is 1. The molecule has 0 bridgehead atoms. The first-order chi connectivity index (χ1) is 13.3. The Morgan fingerprint density at radius 2 is 2.11 bits per heavy atom. The molecule has 8 heteroatoms. The van der Waals surface area contributed by atoms with Gasteiger partial charge in [0.25, 0.3) is 5.91 Å². The Bertz CT molecular complexity index is 769. The zero-order valence-corrected chi connectivity index (χ0v) is 16.8. The van der Waals surface area contributed by atoms with Gasteiger partial charge in [0, 0.05) is 31.0 Å². The minimum Gasteiger partial charge on any atom is -0.474 e. The molecule has 1 aliphatic carbocycles. The van der Waals surface area contributed by atoms with Gasteiger partial charge in [-0.05, 0) is 57.2 Å². The van der Waals surface area contributed by atoms with Gasteiger partial charge in [-0.3, -0.25) is 9.48 Å². The van der Waals surface area contributed by atoms with E-state index in [2.05, 4.69) is 20.7 Å². The van der Waals surface area contributed by atoms with Crippen molar-refractivity contribution in [2.75, 3.05) is 13.1 Å². The predicted octanol–water partition coefficient (Wildman–Crippen LogP) is 2.88. The third-order valence-corrected chi connectivity index (χ3v) is 5.36. The number of hydrogen-bond acceptors (Lipinski definition) is 5. The van der Waals surface area contributed by atoms with Crippen LogP contribution in [0.15, 0.2) is 30.6 Å². The Labute approximate surface area is 171 Å². The van der Waals surface area contributed by atoms with E-state index >= 15 is 0 Å². The van der Waals surface area contributed by atoms with Crippen LogP contribution in [0.2, 0.25) is 0 Å². The summed E-state index contributed by atoms with van der Waals surface area (Å²) in [6.07, 6.45) is 10.7. The summed E-state index contributed by atoms with van der Waals surface area (Å²) in [7, 11) is 0. The number of halogens is 1. The Morgan fingerprint density at radius 1 is 1.25 bits per heavy atom. The number of hydrogen-bond donors (Lipinski definition) is 2. The number of piperidine rings is 1. The SMILES string of the molecule is Cl.O=C(NCc1cccnc1OC1CCCC1)c1ccn(C2CCCNC2)n1. The second-order valence-electron chi connectivity index (χ2n) is 7.36. The zero-order valence-electron chi connectivity index (χ0n) is 16.0. The van der Waals surface area contributed by atoms with Gasteiger partial charge < -0.3 is 15.4 Å². The molecule has 1 saturated heterocycles. The van der Waals surface area contributed by atoms with E-state index in [4.69, 9.17) is 4.74 Å². The number of nitrogens with one attached hydrogen (secondary N) is 2. The van der Waals surface area contributed by atoms with Gasteiger partial charge in [0.15, 0.2) is 0 Å². The van der Waals surface area contributed by atoms with Crippen molar-refractivity contribution in [1.82, 2.24) is 25.4 Å². The summed E-state index contributed by atoms with van der Waals surface area (Å²) in [5.74, 6) is 0.455. The normalized spacial score (nSPS) is 19.8. The van der Waals surface area contributed by atoms with E-state index in [1.165, 1.54) is 12.8 Å². The van der Waals surface area contributed by atoms with Crippen molar-refractivity contribution in [2.45, 2.75) is 57.2 Å². The lowest BCUT2D eigenvalue weighted by molar-refractivity contribution is 0.0944. The predicted molar refractivity (Wildman–Crippen MR) is 109 cm³/mol. The summed E-state index contributed by atoms with van der Waals surface area (Å²) in [5.41, 5.74) is 1.34. The molecule has 7 nitrogen and oxygen atoms in total. The van der Waals surface area contributed by atoms with Crippen molar-refractivity contribution in [3.63, 3.8) is 0 Å². The van der Waals surface area contributed by atoms with Gasteiger partial charge in [-0.1, -0.05) is 6.07 Å². The lowest BCUT2D eigenvalue weighted by Gasteiger charge is -2.22. The fourth-order valence-corrected chi connectivity index (χ4v) is 3.82. The van der Waals surface area contributed by atoms with E-state index in [-0.39, 0.29) is 24.4 Å². The second-order valence-corrected chi connectivity index (χ2v) is 7.36. The summed E-state index contributed by atoms with van der Waals surface area (Å²) >= 11 is 0. The van der Waals surface area contributed by atoms with Crippen LogP contribution in [0.5, 0.6) is 5.88 Å². The number of ether oxygens (including phenoxy) is 1. The monoisotopic (exact) mass is 405 g/mol. The molecule has 2 fully saturated rings. The molecular formula is C20H28ClN5O2. The number of aromatic nitrogens is 3. The summed E-state index contributed by atoms with van der Waals surface area (Å²) in [6.45, 7) is 2.34. The molecule has 2 aromatic rings. The number of rotatable bonds is 6. The van der Waals surface area contributed by atoms with Crippen LogP contribution in [0.3, 0.4) is 0 Å². The molecule has 3 heterocycles. The number of nitrogens with zero attached hydrogens (tertiary/aromatic N) is 3. The van der Waals surface area contributed by atoms with Crippen LogP contribution in [0.1, 0.15) is 60.6 Å². The topological polar surface area (TPSA) is 81.1 Å². The highest BCUT2D eigenvalue weighted by atomic mass is 35.5. The van der Waals surface area contributed by atoms with Gasteiger partial charge in [-0.15, -0.1) is 12.4 Å². The third-order valence-electron chi connectivity index (χ3n) is 5.36. The highest BCUT2D eigenvalue weighted by molar-refractivity contribution is 5.92. The van der Waals surface area contributed by atoms with E-state index in [9.17, 15) is 4.79 Å². The average molecular weight is 406 g/mol. The second kappa shape index (κ2) is 9.89. The Morgan fingerprint density at radius 3 is 2.89 bits per heavy atom. The quantitative estimate of drug-likeness (QED) is 0.772. The van der Waals surface area contributed by atoms with Crippen LogP contribution >= 0.6 is 12.4 Å². The lowest BCUT2D eigenvalue weighted by atomic mass is 10.1. The van der Waals surface area contributed by atoms with Crippen molar-refractivity contribution in [3.8, 4) is 5.88 Å². The molecule has 4 rings (SSSR count). The van der Waals surface area contributed by atoms with Crippen molar-refractivity contribution in [1.29, 1.82) is 0 Å². The molecule has 0 radical (unpaired) electrons. The highest BCUT2D eigenvalue weighted by Crippen LogP contribution is 2.25. The Kier molecular flexibility index (Phi) is 7.28. The molecule has 0 spiro atoms.